The zero-order valence-electron chi connectivity index (χ0n) is 15.9. The van der Waals surface area contributed by atoms with E-state index in [4.69, 9.17) is 14.2 Å². The quantitative estimate of drug-likeness (QED) is 0.616. The van der Waals surface area contributed by atoms with Crippen molar-refractivity contribution in [3.05, 3.63) is 42.5 Å². The van der Waals surface area contributed by atoms with Gasteiger partial charge in [-0.15, -0.1) is 5.10 Å². The maximum Gasteiger partial charge on any atom is 0.237 e. The van der Waals surface area contributed by atoms with E-state index >= 15 is 0 Å². The van der Waals surface area contributed by atoms with E-state index in [-0.39, 0.29) is 5.91 Å². The monoisotopic (exact) mass is 413 g/mol. The second-order valence-electron chi connectivity index (χ2n) is 6.18. The van der Waals surface area contributed by atoms with Crippen LogP contribution in [-0.2, 0) is 4.79 Å². The van der Waals surface area contributed by atoms with Crippen LogP contribution in [0.15, 0.2) is 47.6 Å². The van der Waals surface area contributed by atoms with Crippen LogP contribution in [0.2, 0.25) is 0 Å². The van der Waals surface area contributed by atoms with Crippen LogP contribution in [0.5, 0.6) is 17.2 Å². The Morgan fingerprint density at radius 2 is 1.93 bits per heavy atom. The summed E-state index contributed by atoms with van der Waals surface area (Å²) in [5, 5.41) is 14.8. The van der Waals surface area contributed by atoms with Crippen molar-refractivity contribution in [2.24, 2.45) is 0 Å². The van der Waals surface area contributed by atoms with Crippen molar-refractivity contribution in [3.8, 4) is 22.9 Å². The number of hydrogen-bond donors (Lipinski definition) is 1. The minimum Gasteiger partial charge on any atom is -0.497 e. The van der Waals surface area contributed by atoms with Crippen molar-refractivity contribution in [1.82, 2.24) is 20.2 Å². The molecule has 0 bridgehead atoms. The number of thioether (sulfide) groups is 1. The Balaban J connectivity index is 1.43. The minimum absolute atomic E-state index is 0.170. The van der Waals surface area contributed by atoms with Gasteiger partial charge in [-0.2, -0.15) is 4.68 Å². The summed E-state index contributed by atoms with van der Waals surface area (Å²) in [5.41, 5.74) is 1.42. The molecule has 1 unspecified atom stereocenters. The Bertz CT molecular complexity index is 1010. The number of ether oxygens (including phenoxy) is 3. The number of aromatic nitrogens is 4. The summed E-state index contributed by atoms with van der Waals surface area (Å²) in [4.78, 5) is 12.6. The smallest absolute Gasteiger partial charge is 0.237 e. The fraction of sp³-hybridized carbons (Fsp3) is 0.263. The average Bonchev–Trinajstić information content (AvgIpc) is 3.21. The van der Waals surface area contributed by atoms with E-state index in [0.29, 0.717) is 35.6 Å². The van der Waals surface area contributed by atoms with Crippen molar-refractivity contribution in [2.75, 3.05) is 25.6 Å². The highest BCUT2D eigenvalue weighted by Gasteiger charge is 2.20. The maximum absolute atomic E-state index is 12.6. The molecule has 0 fully saturated rings. The number of benzene rings is 2. The fourth-order valence-electron chi connectivity index (χ4n) is 2.71. The van der Waals surface area contributed by atoms with Crippen molar-refractivity contribution < 1.29 is 19.0 Å². The molecule has 9 nitrogen and oxygen atoms in total. The number of rotatable bonds is 6. The lowest BCUT2D eigenvalue weighted by Gasteiger charge is -2.19. The Labute approximate surface area is 171 Å². The summed E-state index contributed by atoms with van der Waals surface area (Å²) >= 11 is 1.27. The van der Waals surface area contributed by atoms with Crippen molar-refractivity contribution in [3.63, 3.8) is 0 Å². The highest BCUT2D eigenvalue weighted by Crippen LogP contribution is 2.33. The van der Waals surface area contributed by atoms with Crippen molar-refractivity contribution >= 4 is 23.4 Å². The lowest BCUT2D eigenvalue weighted by Crippen LogP contribution is -2.23. The summed E-state index contributed by atoms with van der Waals surface area (Å²) in [7, 11) is 1.61. The zero-order chi connectivity index (χ0) is 20.2. The first kappa shape index (κ1) is 19.1. The predicted octanol–water partition coefficient (Wildman–Crippen LogP) is 2.56. The van der Waals surface area contributed by atoms with Gasteiger partial charge in [0, 0.05) is 11.8 Å². The normalized spacial score (nSPS) is 13.6. The third-order valence-corrected chi connectivity index (χ3v) is 5.25. The average molecular weight is 413 g/mol. The first-order valence-corrected chi connectivity index (χ1v) is 9.82. The number of carbonyl (C=O) groups excluding carboxylic acids is 1. The largest absolute Gasteiger partial charge is 0.497 e. The molecule has 1 amide bonds. The molecule has 0 spiro atoms. The van der Waals surface area contributed by atoms with Crippen LogP contribution in [0.4, 0.5) is 5.69 Å². The second kappa shape index (κ2) is 8.39. The molecule has 4 rings (SSSR count). The minimum atomic E-state index is -0.425. The molecule has 1 aromatic heterocycles. The molecule has 29 heavy (non-hydrogen) atoms. The van der Waals surface area contributed by atoms with Crippen LogP contribution >= 0.6 is 11.8 Å². The predicted molar refractivity (Wildman–Crippen MR) is 107 cm³/mol. The number of nitrogens with zero attached hydrogens (tertiary/aromatic N) is 4. The van der Waals surface area contributed by atoms with Gasteiger partial charge in [0.25, 0.3) is 0 Å². The van der Waals surface area contributed by atoms with Gasteiger partial charge in [-0.1, -0.05) is 11.8 Å². The highest BCUT2D eigenvalue weighted by molar-refractivity contribution is 8.00. The fourth-order valence-corrected chi connectivity index (χ4v) is 3.52. The standard InChI is InChI=1S/C19H19N5O4S/c1-12(18(25)20-13-3-8-16-17(11-13)28-10-9-27-16)29-19-21-22-23-24(19)14-4-6-15(26-2)7-5-14/h3-8,11-12H,9-10H2,1-2H3,(H,20,25). The van der Waals surface area contributed by atoms with Crippen LogP contribution in [0.25, 0.3) is 5.69 Å². The lowest BCUT2D eigenvalue weighted by atomic mass is 10.2. The van der Waals surface area contributed by atoms with Crippen LogP contribution in [-0.4, -0.2) is 51.7 Å². The highest BCUT2D eigenvalue weighted by atomic mass is 32.2. The van der Waals surface area contributed by atoms with Gasteiger partial charge in [-0.3, -0.25) is 4.79 Å². The molecule has 0 radical (unpaired) electrons. The Hall–Kier alpha value is -3.27. The number of nitrogens with one attached hydrogen (secondary N) is 1. The van der Waals surface area contributed by atoms with Crippen molar-refractivity contribution in [2.45, 2.75) is 17.3 Å². The number of anilines is 1. The van der Waals surface area contributed by atoms with E-state index in [2.05, 4.69) is 20.8 Å². The topological polar surface area (TPSA) is 100 Å². The summed E-state index contributed by atoms with van der Waals surface area (Å²) in [6.07, 6.45) is 0. The molecular weight excluding hydrogens is 394 g/mol. The van der Waals surface area contributed by atoms with Crippen LogP contribution in [0, 0.1) is 0 Å². The molecule has 1 N–H and O–H groups in total. The molecule has 0 saturated heterocycles. The maximum atomic E-state index is 12.6. The van der Waals surface area contributed by atoms with Crippen LogP contribution in [0.1, 0.15) is 6.92 Å². The molecule has 1 aliphatic rings. The Kier molecular flexibility index (Phi) is 5.52. The third-order valence-electron chi connectivity index (χ3n) is 4.22. The molecule has 1 aliphatic heterocycles. The summed E-state index contributed by atoms with van der Waals surface area (Å²) in [6.45, 7) is 2.81. The van der Waals surface area contributed by atoms with E-state index in [1.165, 1.54) is 11.8 Å². The Morgan fingerprint density at radius 1 is 1.17 bits per heavy atom. The molecule has 10 heteroatoms. The molecule has 2 aromatic carbocycles. The SMILES string of the molecule is COc1ccc(-n2nnnc2SC(C)C(=O)Nc2ccc3c(c2)OCCO3)cc1. The number of tetrazole rings is 1. The number of methoxy groups -OCH3 is 1. The summed E-state index contributed by atoms with van der Waals surface area (Å²) < 4.78 is 17.8. The van der Waals surface area contributed by atoms with E-state index in [1.54, 1.807) is 36.9 Å². The zero-order valence-corrected chi connectivity index (χ0v) is 16.7. The van der Waals surface area contributed by atoms with E-state index in [9.17, 15) is 4.79 Å². The number of hydrogen-bond acceptors (Lipinski definition) is 8. The van der Waals surface area contributed by atoms with Gasteiger partial charge in [-0.25, -0.2) is 0 Å². The van der Waals surface area contributed by atoms with Gasteiger partial charge in [0.2, 0.25) is 11.1 Å². The molecule has 3 aromatic rings. The Morgan fingerprint density at radius 3 is 2.69 bits per heavy atom. The first-order chi connectivity index (χ1) is 14.1. The lowest BCUT2D eigenvalue weighted by molar-refractivity contribution is -0.115. The van der Waals surface area contributed by atoms with E-state index in [1.807, 2.05) is 24.3 Å². The molecule has 0 saturated carbocycles. The van der Waals surface area contributed by atoms with E-state index < -0.39 is 5.25 Å². The summed E-state index contributed by atoms with van der Waals surface area (Å²) in [6, 6.07) is 12.7. The van der Waals surface area contributed by atoms with E-state index in [0.717, 1.165) is 11.4 Å². The van der Waals surface area contributed by atoms with Crippen LogP contribution < -0.4 is 19.5 Å². The van der Waals surface area contributed by atoms with Gasteiger partial charge < -0.3 is 19.5 Å². The second-order valence-corrected chi connectivity index (χ2v) is 7.49. The van der Waals surface area contributed by atoms with Gasteiger partial charge in [-0.05, 0) is 53.7 Å². The first-order valence-electron chi connectivity index (χ1n) is 8.94. The molecule has 1 atom stereocenters. The molecule has 2 heterocycles. The molecular formula is C19H19N5O4S. The van der Waals surface area contributed by atoms with Gasteiger partial charge in [0.15, 0.2) is 11.5 Å². The third kappa shape index (κ3) is 4.27. The van der Waals surface area contributed by atoms with Crippen molar-refractivity contribution in [1.29, 1.82) is 0 Å². The van der Waals surface area contributed by atoms with Gasteiger partial charge in [0.1, 0.15) is 19.0 Å². The number of amides is 1. The summed E-state index contributed by atoms with van der Waals surface area (Å²) in [5.74, 6) is 1.87. The number of fused-ring (bicyclic) bond motifs is 1. The molecule has 150 valence electrons. The van der Waals surface area contributed by atoms with Gasteiger partial charge in [0.05, 0.1) is 18.0 Å². The molecule has 0 aliphatic carbocycles. The number of carbonyl (C=O) groups is 1. The van der Waals surface area contributed by atoms with Gasteiger partial charge >= 0.3 is 0 Å². The van der Waals surface area contributed by atoms with Crippen LogP contribution in [0.3, 0.4) is 0 Å².